The Bertz CT molecular complexity index is 1990. The van der Waals surface area contributed by atoms with Gasteiger partial charge < -0.3 is 4.40 Å². The molecular formula is C30H20N2P+. The predicted octanol–water partition coefficient (Wildman–Crippen LogP) is 7.52. The van der Waals surface area contributed by atoms with Crippen molar-refractivity contribution in [3.05, 3.63) is 114 Å². The van der Waals surface area contributed by atoms with Crippen LogP contribution in [0.4, 0.5) is 0 Å². The molecule has 0 aliphatic heterocycles. The molecule has 1 aliphatic rings. The van der Waals surface area contributed by atoms with Crippen LogP contribution in [0.5, 0.6) is 0 Å². The van der Waals surface area contributed by atoms with E-state index in [0.29, 0.717) is 0 Å². The van der Waals surface area contributed by atoms with Crippen LogP contribution in [0, 0.1) is 0 Å². The fraction of sp³-hybridized carbons (Fsp3) is 0.0333. The summed E-state index contributed by atoms with van der Waals surface area (Å²) in [7, 11) is -0.741. The highest BCUT2D eigenvalue weighted by atomic mass is 31.1. The van der Waals surface area contributed by atoms with Gasteiger partial charge in [-0.15, -0.1) is 0 Å². The maximum absolute atomic E-state index is 2.68. The fourth-order valence-corrected chi connectivity index (χ4v) is 8.54. The van der Waals surface area contributed by atoms with Gasteiger partial charge in [-0.2, -0.15) is 4.16 Å². The summed E-state index contributed by atoms with van der Waals surface area (Å²) < 4.78 is 5.23. The SMILES string of the molecule is C1=CCc2c(n3c4ccccc4c4ccc5c6ccccc6n(c5c43)[p+]2-c2ccccc2)=C1. The molecule has 3 aromatic heterocycles. The molecule has 0 bridgehead atoms. The molecule has 0 radical (unpaired) electrons. The first-order chi connectivity index (χ1) is 16.4. The number of hydrogen-bond donors (Lipinski definition) is 0. The van der Waals surface area contributed by atoms with Gasteiger partial charge in [-0.25, -0.2) is 0 Å². The highest BCUT2D eigenvalue weighted by molar-refractivity contribution is 7.54. The second-order valence-electron chi connectivity index (χ2n) is 8.82. The van der Waals surface area contributed by atoms with E-state index in [-0.39, 0.29) is 0 Å². The monoisotopic (exact) mass is 439 g/mol. The Morgan fingerprint density at radius 3 is 2.09 bits per heavy atom. The van der Waals surface area contributed by atoms with Gasteiger partial charge in [-0.05, 0) is 30.3 Å². The third kappa shape index (κ3) is 2.17. The lowest BCUT2D eigenvalue weighted by atomic mass is 10.1. The van der Waals surface area contributed by atoms with E-state index >= 15 is 0 Å². The smallest absolute Gasteiger partial charge is 0.261 e. The summed E-state index contributed by atoms with van der Waals surface area (Å²) in [5, 5.41) is 9.61. The zero-order chi connectivity index (χ0) is 21.5. The minimum atomic E-state index is -0.741. The van der Waals surface area contributed by atoms with Gasteiger partial charge in [-0.1, -0.05) is 78.9 Å². The molecule has 1 aliphatic carbocycles. The summed E-state index contributed by atoms with van der Waals surface area (Å²) in [6.07, 6.45) is 7.86. The Labute approximate surface area is 191 Å². The lowest BCUT2D eigenvalue weighted by Crippen LogP contribution is -2.17. The number of rotatable bonds is 1. The number of fused-ring (bicyclic) bond motifs is 8. The van der Waals surface area contributed by atoms with Crippen LogP contribution in [0.2, 0.25) is 0 Å². The Balaban J connectivity index is 1.84. The third-order valence-electron chi connectivity index (χ3n) is 7.14. The first-order valence-electron chi connectivity index (χ1n) is 11.5. The molecule has 7 aromatic rings. The number of aromatic nitrogens is 2. The molecule has 3 heteroatoms. The van der Waals surface area contributed by atoms with Gasteiger partial charge in [0.2, 0.25) is 0 Å². The van der Waals surface area contributed by atoms with Crippen LogP contribution in [0.1, 0.15) is 5.30 Å². The van der Waals surface area contributed by atoms with Crippen LogP contribution < -0.4 is 5.35 Å². The first-order valence-corrected chi connectivity index (χ1v) is 12.8. The first kappa shape index (κ1) is 17.7. The van der Waals surface area contributed by atoms with Crippen LogP contribution in [-0.2, 0) is 6.42 Å². The van der Waals surface area contributed by atoms with Crippen molar-refractivity contribution in [3.63, 3.8) is 0 Å². The molecule has 1 unspecified atom stereocenters. The van der Waals surface area contributed by atoms with Crippen molar-refractivity contribution >= 4 is 57.4 Å². The van der Waals surface area contributed by atoms with Crippen LogP contribution in [0.25, 0.3) is 55.0 Å². The van der Waals surface area contributed by atoms with Crippen LogP contribution in [0.3, 0.4) is 0 Å². The molecule has 2 nitrogen and oxygen atoms in total. The largest absolute Gasteiger partial charge is 0.303 e. The van der Waals surface area contributed by atoms with Crippen molar-refractivity contribution in [1.29, 1.82) is 0 Å². The molecule has 3 heterocycles. The molecule has 0 fully saturated rings. The van der Waals surface area contributed by atoms with Gasteiger partial charge >= 0.3 is 0 Å². The van der Waals surface area contributed by atoms with Gasteiger partial charge in [0.1, 0.15) is 5.52 Å². The predicted molar refractivity (Wildman–Crippen MR) is 142 cm³/mol. The van der Waals surface area contributed by atoms with E-state index in [1.807, 2.05) is 0 Å². The molecule has 0 saturated carbocycles. The summed E-state index contributed by atoms with van der Waals surface area (Å²) in [5.41, 5.74) is 5.32. The van der Waals surface area contributed by atoms with E-state index in [2.05, 4.69) is 118 Å². The van der Waals surface area contributed by atoms with E-state index in [1.165, 1.54) is 59.6 Å². The maximum atomic E-state index is 2.68. The highest BCUT2D eigenvalue weighted by Gasteiger charge is 2.30. The lowest BCUT2D eigenvalue weighted by Gasteiger charge is -2.02. The second-order valence-corrected chi connectivity index (χ2v) is 10.9. The normalized spacial score (nSPS) is 14.0. The van der Waals surface area contributed by atoms with Gasteiger partial charge in [0.05, 0.1) is 21.9 Å². The quantitative estimate of drug-likeness (QED) is 0.250. The Morgan fingerprint density at radius 2 is 1.27 bits per heavy atom. The van der Waals surface area contributed by atoms with E-state index < -0.39 is 7.69 Å². The molecular weight excluding hydrogens is 419 g/mol. The number of allylic oxidation sites excluding steroid dienone is 2. The Kier molecular flexibility index (Phi) is 3.39. The van der Waals surface area contributed by atoms with E-state index in [4.69, 9.17) is 0 Å². The molecule has 33 heavy (non-hydrogen) atoms. The van der Waals surface area contributed by atoms with Crippen LogP contribution >= 0.6 is 7.69 Å². The zero-order valence-electron chi connectivity index (χ0n) is 17.9. The molecule has 0 spiro atoms. The minimum absolute atomic E-state index is 0.741. The van der Waals surface area contributed by atoms with E-state index in [1.54, 1.807) is 0 Å². The van der Waals surface area contributed by atoms with E-state index in [9.17, 15) is 0 Å². The van der Waals surface area contributed by atoms with Crippen LogP contribution in [-0.4, -0.2) is 8.56 Å². The van der Waals surface area contributed by atoms with Gasteiger partial charge in [0, 0.05) is 28.0 Å². The summed E-state index contributed by atoms with van der Waals surface area (Å²) in [5.74, 6) is 0. The summed E-state index contributed by atoms with van der Waals surface area (Å²) >= 11 is 0. The Hall–Kier alpha value is -3.87. The van der Waals surface area contributed by atoms with Crippen molar-refractivity contribution in [3.8, 4) is 5.30 Å². The summed E-state index contributed by atoms with van der Waals surface area (Å²) in [6.45, 7) is 0. The van der Waals surface area contributed by atoms with E-state index in [0.717, 1.165) is 6.42 Å². The zero-order valence-corrected chi connectivity index (χ0v) is 18.8. The van der Waals surface area contributed by atoms with Gasteiger partial charge in [0.15, 0.2) is 10.6 Å². The number of benzene rings is 4. The molecule has 0 saturated heterocycles. The van der Waals surface area contributed by atoms with Crippen molar-refractivity contribution in [2.75, 3.05) is 0 Å². The van der Waals surface area contributed by atoms with Crippen molar-refractivity contribution in [2.24, 2.45) is 0 Å². The number of para-hydroxylation sites is 2. The average Bonchev–Trinajstić information content (AvgIpc) is 3.34. The topological polar surface area (TPSA) is 8.82 Å². The van der Waals surface area contributed by atoms with Crippen molar-refractivity contribution in [2.45, 2.75) is 6.42 Å². The molecule has 154 valence electrons. The maximum Gasteiger partial charge on any atom is 0.261 e. The third-order valence-corrected chi connectivity index (χ3v) is 9.66. The fourth-order valence-electron chi connectivity index (χ4n) is 5.84. The molecule has 0 N–H and O–H groups in total. The molecule has 4 aromatic carbocycles. The second kappa shape index (κ2) is 6.34. The number of nitrogens with zero attached hydrogens (tertiary/aromatic N) is 2. The Morgan fingerprint density at radius 1 is 0.606 bits per heavy atom. The van der Waals surface area contributed by atoms with Crippen molar-refractivity contribution < 1.29 is 0 Å². The lowest BCUT2D eigenvalue weighted by molar-refractivity contribution is 1.14. The van der Waals surface area contributed by atoms with Gasteiger partial charge in [0.25, 0.3) is 7.69 Å². The van der Waals surface area contributed by atoms with Crippen LogP contribution in [0.15, 0.2) is 103 Å². The number of hydrogen-bond acceptors (Lipinski definition) is 0. The van der Waals surface area contributed by atoms with Gasteiger partial charge in [-0.3, -0.25) is 0 Å². The summed E-state index contributed by atoms with van der Waals surface area (Å²) in [6, 6.07) is 33.6. The molecule has 1 atom stereocenters. The minimum Gasteiger partial charge on any atom is -0.303 e. The average molecular weight is 439 g/mol. The highest BCUT2D eigenvalue weighted by Crippen LogP contribution is 2.48. The molecule has 8 rings (SSSR count). The van der Waals surface area contributed by atoms with Crippen molar-refractivity contribution in [1.82, 2.24) is 8.56 Å². The molecule has 0 amide bonds. The standard InChI is InChI=1S/C30H20N2P/c1-2-10-20(11-3-1)33-28-17-9-8-16-27(28)31-25-14-6-4-12-21(25)23-18-19-24-22-13-5-7-15-26(22)32(33)30(24)29(23)31/h1-16,18-19H,17H2/q+1. The summed E-state index contributed by atoms with van der Waals surface area (Å²) in [4.78, 5) is 0.